The van der Waals surface area contributed by atoms with E-state index in [1.165, 1.54) is 0 Å². The number of benzene rings is 2. The van der Waals surface area contributed by atoms with Crippen LogP contribution in [0.2, 0.25) is 5.02 Å². The molecule has 0 N–H and O–H groups in total. The number of hydrogen-bond donors (Lipinski definition) is 0. The molecule has 3 rings (SSSR count). The standard InChI is InChI=1S/C20H12ClI2NO3S/c1-2-7-24-19(25)17(28-20(24)26)10-12-8-15(22)18(16(23)9-12)27-11-13-5-3-4-6-14(13)21/h1,3-6,8-10H,7,11H2/b17-10+. The molecule has 0 bridgehead atoms. The average molecular weight is 636 g/mol. The first-order valence-corrected chi connectivity index (χ1v) is 11.3. The summed E-state index contributed by atoms with van der Waals surface area (Å²) >= 11 is 11.5. The molecule has 2 aromatic carbocycles. The number of nitrogens with zero attached hydrogens (tertiary/aromatic N) is 1. The Kier molecular flexibility index (Phi) is 7.31. The summed E-state index contributed by atoms with van der Waals surface area (Å²) in [6.07, 6.45) is 6.92. The number of ether oxygens (including phenoxy) is 1. The molecule has 1 aliphatic heterocycles. The Morgan fingerprint density at radius 3 is 2.54 bits per heavy atom. The largest absolute Gasteiger partial charge is 0.487 e. The van der Waals surface area contributed by atoms with Crippen LogP contribution in [0.1, 0.15) is 11.1 Å². The van der Waals surface area contributed by atoms with Crippen molar-refractivity contribution in [1.82, 2.24) is 4.90 Å². The summed E-state index contributed by atoms with van der Waals surface area (Å²) in [4.78, 5) is 25.6. The number of carbonyl (C=O) groups is 2. The van der Waals surface area contributed by atoms with Crippen molar-refractivity contribution in [1.29, 1.82) is 0 Å². The van der Waals surface area contributed by atoms with Crippen molar-refractivity contribution < 1.29 is 14.3 Å². The number of terminal acetylenes is 1. The van der Waals surface area contributed by atoms with E-state index in [0.717, 1.165) is 40.7 Å². The molecule has 0 saturated carbocycles. The second-order valence-electron chi connectivity index (χ2n) is 5.67. The van der Waals surface area contributed by atoms with Crippen LogP contribution in [0, 0.1) is 19.5 Å². The Bertz CT molecular complexity index is 1010. The van der Waals surface area contributed by atoms with Gasteiger partial charge in [-0.3, -0.25) is 14.5 Å². The van der Waals surface area contributed by atoms with Gasteiger partial charge in [0.25, 0.3) is 11.1 Å². The highest BCUT2D eigenvalue weighted by atomic mass is 127. The van der Waals surface area contributed by atoms with E-state index in [-0.39, 0.29) is 17.7 Å². The Labute approximate surface area is 199 Å². The fourth-order valence-electron chi connectivity index (χ4n) is 2.45. The molecule has 1 saturated heterocycles. The van der Waals surface area contributed by atoms with Gasteiger partial charge in [0.1, 0.15) is 12.4 Å². The first-order valence-electron chi connectivity index (χ1n) is 7.94. The third-order valence-electron chi connectivity index (χ3n) is 3.77. The second-order valence-corrected chi connectivity index (χ2v) is 9.39. The summed E-state index contributed by atoms with van der Waals surface area (Å²) in [6, 6.07) is 11.3. The molecular weight excluding hydrogens is 624 g/mol. The maximum Gasteiger partial charge on any atom is 0.294 e. The summed E-state index contributed by atoms with van der Waals surface area (Å²) in [5, 5.41) is 0.310. The van der Waals surface area contributed by atoms with E-state index in [1.807, 2.05) is 36.4 Å². The highest BCUT2D eigenvalue weighted by Gasteiger charge is 2.34. The van der Waals surface area contributed by atoms with E-state index < -0.39 is 0 Å². The molecule has 1 heterocycles. The van der Waals surface area contributed by atoms with Gasteiger partial charge in [0.05, 0.1) is 18.6 Å². The fraction of sp³-hybridized carbons (Fsp3) is 0.100. The van der Waals surface area contributed by atoms with E-state index in [0.29, 0.717) is 16.5 Å². The van der Waals surface area contributed by atoms with E-state index in [1.54, 1.807) is 6.08 Å². The highest BCUT2D eigenvalue weighted by molar-refractivity contribution is 14.1. The van der Waals surface area contributed by atoms with Crippen molar-refractivity contribution in [3.05, 3.63) is 64.6 Å². The van der Waals surface area contributed by atoms with Gasteiger partial charge in [0.2, 0.25) is 0 Å². The zero-order chi connectivity index (χ0) is 20.3. The predicted molar refractivity (Wildman–Crippen MR) is 129 cm³/mol. The Balaban J connectivity index is 1.81. The third-order valence-corrected chi connectivity index (χ3v) is 6.65. The zero-order valence-corrected chi connectivity index (χ0v) is 20.1. The first kappa shape index (κ1) is 21.5. The smallest absolute Gasteiger partial charge is 0.294 e. The maximum absolute atomic E-state index is 12.3. The van der Waals surface area contributed by atoms with Crippen molar-refractivity contribution in [3.63, 3.8) is 0 Å². The predicted octanol–water partition coefficient (Wildman–Crippen LogP) is 5.80. The number of thioether (sulfide) groups is 1. The van der Waals surface area contributed by atoms with Gasteiger partial charge in [0, 0.05) is 10.6 Å². The molecule has 0 aliphatic carbocycles. The summed E-state index contributed by atoms with van der Waals surface area (Å²) in [5.74, 6) is 2.71. The normalized spacial score (nSPS) is 15.2. The Morgan fingerprint density at radius 2 is 1.89 bits per heavy atom. The lowest BCUT2D eigenvalue weighted by atomic mass is 10.2. The van der Waals surface area contributed by atoms with Crippen LogP contribution in [-0.2, 0) is 11.4 Å². The van der Waals surface area contributed by atoms with Gasteiger partial charge in [-0.15, -0.1) is 6.42 Å². The van der Waals surface area contributed by atoms with Gasteiger partial charge in [-0.1, -0.05) is 35.7 Å². The van der Waals surface area contributed by atoms with E-state index in [9.17, 15) is 9.59 Å². The van der Waals surface area contributed by atoms with Crippen LogP contribution in [0.25, 0.3) is 6.08 Å². The van der Waals surface area contributed by atoms with Crippen molar-refractivity contribution in [2.24, 2.45) is 0 Å². The molecule has 0 radical (unpaired) electrons. The van der Waals surface area contributed by atoms with Gasteiger partial charge in [0.15, 0.2) is 0 Å². The van der Waals surface area contributed by atoms with Crippen molar-refractivity contribution >= 4 is 85.8 Å². The number of amides is 2. The molecule has 0 aromatic heterocycles. The van der Waals surface area contributed by atoms with Crippen LogP contribution >= 0.6 is 68.5 Å². The minimum atomic E-state index is -0.364. The third kappa shape index (κ3) is 4.84. The molecule has 4 nitrogen and oxygen atoms in total. The Hall–Kier alpha value is -1.22. The molecular formula is C20H12ClI2NO3S. The van der Waals surface area contributed by atoms with E-state index >= 15 is 0 Å². The first-order chi connectivity index (χ1) is 13.4. The lowest BCUT2D eigenvalue weighted by Crippen LogP contribution is -2.28. The average Bonchev–Trinajstić information content (AvgIpc) is 2.90. The molecule has 0 unspecified atom stereocenters. The molecule has 0 atom stereocenters. The molecule has 2 aromatic rings. The van der Waals surface area contributed by atoms with Crippen molar-refractivity contribution in [2.75, 3.05) is 6.54 Å². The van der Waals surface area contributed by atoms with Gasteiger partial charge < -0.3 is 4.74 Å². The highest BCUT2D eigenvalue weighted by Crippen LogP contribution is 2.35. The second kappa shape index (κ2) is 9.52. The molecule has 1 fully saturated rings. The number of halogens is 3. The maximum atomic E-state index is 12.3. The van der Waals surface area contributed by atoms with Crippen LogP contribution < -0.4 is 4.74 Å². The summed E-state index contributed by atoms with van der Waals surface area (Å²) < 4.78 is 7.76. The minimum absolute atomic E-state index is 0.0219. The van der Waals surface area contributed by atoms with E-state index in [4.69, 9.17) is 22.8 Å². The number of imide groups is 1. The fourth-order valence-corrected chi connectivity index (χ4v) is 5.60. The van der Waals surface area contributed by atoms with Crippen LogP contribution in [0.15, 0.2) is 41.3 Å². The lowest BCUT2D eigenvalue weighted by molar-refractivity contribution is -0.122. The van der Waals surface area contributed by atoms with Gasteiger partial charge in [-0.2, -0.15) is 0 Å². The number of carbonyl (C=O) groups excluding carboxylic acids is 2. The van der Waals surface area contributed by atoms with Gasteiger partial charge in [-0.25, -0.2) is 0 Å². The summed E-state index contributed by atoms with van der Waals surface area (Å²) in [6.45, 7) is 0.335. The molecule has 1 aliphatic rings. The van der Waals surface area contributed by atoms with Crippen LogP contribution in [0.4, 0.5) is 4.79 Å². The SMILES string of the molecule is C#CCN1C(=O)S/C(=C/c2cc(I)c(OCc3ccccc3Cl)c(I)c2)C1=O. The minimum Gasteiger partial charge on any atom is -0.487 e. The molecule has 142 valence electrons. The van der Waals surface area contributed by atoms with E-state index in [2.05, 4.69) is 51.1 Å². The topological polar surface area (TPSA) is 46.6 Å². The van der Waals surface area contributed by atoms with Crippen LogP contribution in [-0.4, -0.2) is 22.6 Å². The summed E-state index contributed by atoms with van der Waals surface area (Å²) in [7, 11) is 0. The van der Waals surface area contributed by atoms with Crippen molar-refractivity contribution in [2.45, 2.75) is 6.61 Å². The van der Waals surface area contributed by atoms with Crippen LogP contribution in [0.5, 0.6) is 5.75 Å². The lowest BCUT2D eigenvalue weighted by Gasteiger charge is -2.12. The molecule has 8 heteroatoms. The summed E-state index contributed by atoms with van der Waals surface area (Å²) in [5.41, 5.74) is 1.71. The Morgan fingerprint density at radius 1 is 1.21 bits per heavy atom. The molecule has 28 heavy (non-hydrogen) atoms. The van der Waals surface area contributed by atoms with Gasteiger partial charge in [-0.05, 0) is 86.8 Å². The quantitative estimate of drug-likeness (QED) is 0.237. The molecule has 0 spiro atoms. The van der Waals surface area contributed by atoms with Gasteiger partial charge >= 0.3 is 0 Å². The molecule has 2 amide bonds. The zero-order valence-electron chi connectivity index (χ0n) is 14.2. The van der Waals surface area contributed by atoms with Crippen LogP contribution in [0.3, 0.4) is 0 Å². The van der Waals surface area contributed by atoms with Crippen molar-refractivity contribution in [3.8, 4) is 18.1 Å². The number of rotatable bonds is 5. The number of hydrogen-bond acceptors (Lipinski definition) is 4. The monoisotopic (exact) mass is 635 g/mol.